The minimum atomic E-state index is -2.45. The fourth-order valence-electron chi connectivity index (χ4n) is 1.01. The van der Waals surface area contributed by atoms with E-state index in [1.807, 2.05) is 0 Å². The van der Waals surface area contributed by atoms with Gasteiger partial charge in [-0.2, -0.15) is 0 Å². The van der Waals surface area contributed by atoms with E-state index < -0.39 is 6.43 Å². The number of nitrogens with two attached hydrogens (primary N) is 1. The van der Waals surface area contributed by atoms with Crippen molar-refractivity contribution in [2.75, 3.05) is 13.2 Å². The van der Waals surface area contributed by atoms with E-state index in [1.165, 1.54) is 12.1 Å². The second-order valence-electron chi connectivity index (χ2n) is 2.86. The number of benzene rings is 1. The highest BCUT2D eigenvalue weighted by Gasteiger charge is 2.06. The summed E-state index contributed by atoms with van der Waals surface area (Å²) in [6.45, 7) is 0.998. The lowest BCUT2D eigenvalue weighted by atomic mass is 10.2. The van der Waals surface area contributed by atoms with Gasteiger partial charge in [0, 0.05) is 5.56 Å². The molecule has 14 heavy (non-hydrogen) atoms. The first-order valence-corrected chi connectivity index (χ1v) is 4.45. The highest BCUT2D eigenvalue weighted by Crippen LogP contribution is 2.22. The van der Waals surface area contributed by atoms with Crippen LogP contribution in [0.1, 0.15) is 18.4 Å². The first kappa shape index (κ1) is 10.9. The molecule has 1 rings (SSSR count). The predicted molar refractivity (Wildman–Crippen MR) is 50.6 cm³/mol. The van der Waals surface area contributed by atoms with E-state index in [1.54, 1.807) is 12.1 Å². The summed E-state index contributed by atoms with van der Waals surface area (Å²) in [6, 6.07) is 5.93. The van der Waals surface area contributed by atoms with Gasteiger partial charge in [0.2, 0.25) is 0 Å². The van der Waals surface area contributed by atoms with Gasteiger partial charge >= 0.3 is 0 Å². The summed E-state index contributed by atoms with van der Waals surface area (Å²) in [7, 11) is 0. The highest BCUT2D eigenvalue weighted by atomic mass is 19.3. The third-order valence-electron chi connectivity index (χ3n) is 1.73. The lowest BCUT2D eigenvalue weighted by molar-refractivity contribution is 0.151. The molecule has 0 unspecified atom stereocenters. The molecule has 78 valence electrons. The van der Waals surface area contributed by atoms with Gasteiger partial charge in [0.15, 0.2) is 0 Å². The molecule has 4 heteroatoms. The van der Waals surface area contributed by atoms with E-state index in [0.717, 1.165) is 6.42 Å². The van der Waals surface area contributed by atoms with E-state index in [9.17, 15) is 8.78 Å². The van der Waals surface area contributed by atoms with Crippen molar-refractivity contribution in [3.8, 4) is 5.75 Å². The van der Waals surface area contributed by atoms with Crippen LogP contribution in [0.4, 0.5) is 8.78 Å². The van der Waals surface area contributed by atoms with E-state index >= 15 is 0 Å². The average Bonchev–Trinajstić information content (AvgIpc) is 2.19. The maximum absolute atomic E-state index is 12.3. The number of hydrogen-bond acceptors (Lipinski definition) is 2. The zero-order valence-electron chi connectivity index (χ0n) is 7.75. The van der Waals surface area contributed by atoms with Gasteiger partial charge in [-0.25, -0.2) is 8.78 Å². The molecule has 0 spiro atoms. The van der Waals surface area contributed by atoms with Crippen molar-refractivity contribution in [1.29, 1.82) is 0 Å². The van der Waals surface area contributed by atoms with Crippen LogP contribution in [0.15, 0.2) is 24.3 Å². The Morgan fingerprint density at radius 1 is 1.36 bits per heavy atom. The lowest BCUT2D eigenvalue weighted by Gasteiger charge is -2.06. The Balaban J connectivity index is 2.55. The van der Waals surface area contributed by atoms with Crippen molar-refractivity contribution in [3.05, 3.63) is 29.8 Å². The standard InChI is InChI=1S/C10H13F2NO/c11-10(12)8-3-1-4-9(7-8)14-6-2-5-13/h1,3-4,7,10H,2,5-6,13H2. The van der Waals surface area contributed by atoms with Crippen LogP contribution in [0.25, 0.3) is 0 Å². The second-order valence-corrected chi connectivity index (χ2v) is 2.86. The van der Waals surface area contributed by atoms with E-state index in [0.29, 0.717) is 18.9 Å². The minimum Gasteiger partial charge on any atom is -0.494 e. The fraction of sp³-hybridized carbons (Fsp3) is 0.400. The normalized spacial score (nSPS) is 10.6. The molecule has 0 heterocycles. The van der Waals surface area contributed by atoms with Crippen LogP contribution in [0, 0.1) is 0 Å². The predicted octanol–water partition coefficient (Wildman–Crippen LogP) is 2.35. The second kappa shape index (κ2) is 5.54. The van der Waals surface area contributed by atoms with Crippen molar-refractivity contribution in [3.63, 3.8) is 0 Å². The SMILES string of the molecule is NCCCOc1cccc(C(F)F)c1. The highest BCUT2D eigenvalue weighted by molar-refractivity contribution is 5.29. The summed E-state index contributed by atoms with van der Waals surface area (Å²) in [5, 5.41) is 0. The molecule has 0 aliphatic carbocycles. The van der Waals surface area contributed by atoms with Crippen molar-refractivity contribution in [1.82, 2.24) is 0 Å². The monoisotopic (exact) mass is 201 g/mol. The van der Waals surface area contributed by atoms with Gasteiger partial charge in [0.1, 0.15) is 5.75 Å². The molecule has 0 aliphatic heterocycles. The third-order valence-corrected chi connectivity index (χ3v) is 1.73. The minimum absolute atomic E-state index is 0.0183. The van der Waals surface area contributed by atoms with Gasteiger partial charge in [-0.15, -0.1) is 0 Å². The molecule has 0 fully saturated rings. The maximum atomic E-state index is 12.3. The Morgan fingerprint density at radius 2 is 2.14 bits per heavy atom. The van der Waals surface area contributed by atoms with Crippen LogP contribution >= 0.6 is 0 Å². The van der Waals surface area contributed by atoms with Crippen LogP contribution in [0.3, 0.4) is 0 Å². The van der Waals surface area contributed by atoms with E-state index in [2.05, 4.69) is 0 Å². The molecular formula is C10H13F2NO. The molecule has 0 saturated carbocycles. The lowest BCUT2D eigenvalue weighted by Crippen LogP contribution is -2.06. The molecule has 2 nitrogen and oxygen atoms in total. The Hall–Kier alpha value is -1.16. The number of halogens is 2. The molecule has 1 aromatic rings. The Kier molecular flexibility index (Phi) is 4.32. The molecule has 0 bridgehead atoms. The molecule has 0 amide bonds. The van der Waals surface area contributed by atoms with Gasteiger partial charge in [-0.3, -0.25) is 0 Å². The van der Waals surface area contributed by atoms with Crippen molar-refractivity contribution < 1.29 is 13.5 Å². The molecule has 0 aromatic heterocycles. The van der Waals surface area contributed by atoms with Crippen molar-refractivity contribution in [2.24, 2.45) is 5.73 Å². The topological polar surface area (TPSA) is 35.2 Å². The molecule has 0 atom stereocenters. The maximum Gasteiger partial charge on any atom is 0.263 e. The van der Waals surface area contributed by atoms with Crippen LogP contribution in [0.2, 0.25) is 0 Å². The van der Waals surface area contributed by atoms with Crippen molar-refractivity contribution in [2.45, 2.75) is 12.8 Å². The number of ether oxygens (including phenoxy) is 1. The van der Waals surface area contributed by atoms with Gasteiger partial charge < -0.3 is 10.5 Å². The van der Waals surface area contributed by atoms with Crippen LogP contribution < -0.4 is 10.5 Å². The number of rotatable bonds is 5. The van der Waals surface area contributed by atoms with Crippen LogP contribution in [-0.2, 0) is 0 Å². The zero-order chi connectivity index (χ0) is 10.4. The molecular weight excluding hydrogens is 188 g/mol. The smallest absolute Gasteiger partial charge is 0.263 e. The fourth-order valence-corrected chi connectivity index (χ4v) is 1.01. The molecule has 0 aliphatic rings. The summed E-state index contributed by atoms with van der Waals surface area (Å²) in [5.74, 6) is 0.469. The van der Waals surface area contributed by atoms with Crippen LogP contribution in [0.5, 0.6) is 5.75 Å². The Bertz CT molecular complexity index is 279. The average molecular weight is 201 g/mol. The number of hydrogen-bond donors (Lipinski definition) is 1. The zero-order valence-corrected chi connectivity index (χ0v) is 7.75. The number of alkyl halides is 2. The molecule has 0 saturated heterocycles. The largest absolute Gasteiger partial charge is 0.494 e. The van der Waals surface area contributed by atoms with E-state index in [-0.39, 0.29) is 5.56 Å². The summed E-state index contributed by atoms with van der Waals surface area (Å²) in [6.07, 6.45) is -1.73. The summed E-state index contributed by atoms with van der Waals surface area (Å²) < 4.78 is 29.7. The van der Waals surface area contributed by atoms with Gasteiger partial charge in [0.25, 0.3) is 6.43 Å². The van der Waals surface area contributed by atoms with Crippen molar-refractivity contribution >= 4 is 0 Å². The van der Waals surface area contributed by atoms with Gasteiger partial charge in [0.05, 0.1) is 6.61 Å². The summed E-state index contributed by atoms with van der Waals surface area (Å²) in [5.41, 5.74) is 5.25. The van der Waals surface area contributed by atoms with Crippen LogP contribution in [-0.4, -0.2) is 13.2 Å². The molecule has 0 radical (unpaired) electrons. The first-order valence-electron chi connectivity index (χ1n) is 4.45. The third kappa shape index (κ3) is 3.30. The quantitative estimate of drug-likeness (QED) is 0.742. The van der Waals surface area contributed by atoms with Gasteiger partial charge in [-0.05, 0) is 25.1 Å². The summed E-state index contributed by atoms with van der Waals surface area (Å²) >= 11 is 0. The summed E-state index contributed by atoms with van der Waals surface area (Å²) in [4.78, 5) is 0. The molecule has 2 N–H and O–H groups in total. The Morgan fingerprint density at radius 3 is 2.79 bits per heavy atom. The first-order chi connectivity index (χ1) is 6.74. The van der Waals surface area contributed by atoms with Gasteiger partial charge in [-0.1, -0.05) is 12.1 Å². The van der Waals surface area contributed by atoms with E-state index in [4.69, 9.17) is 10.5 Å². The Labute approximate surface area is 81.7 Å². The molecule has 1 aromatic carbocycles.